The van der Waals surface area contributed by atoms with E-state index in [1.807, 2.05) is 21.3 Å². The highest BCUT2D eigenvalue weighted by Gasteiger charge is 2.40. The fourth-order valence-electron chi connectivity index (χ4n) is 7.43. The fraction of sp³-hybridized carbons (Fsp3) is 0.476. The molecule has 2 unspecified atom stereocenters. The van der Waals surface area contributed by atoms with Crippen LogP contribution in [0, 0.1) is 23.7 Å². The van der Waals surface area contributed by atoms with Crippen LogP contribution >= 0.6 is 23.2 Å². The van der Waals surface area contributed by atoms with Gasteiger partial charge in [-0.15, -0.1) is 0 Å². The number of halogens is 2. The van der Waals surface area contributed by atoms with Crippen LogP contribution in [0.2, 0.25) is 10.3 Å². The lowest BCUT2D eigenvalue weighted by molar-refractivity contribution is 0.0682. The second-order valence-corrected chi connectivity index (χ2v) is 17.4. The molecule has 4 aromatic heterocycles. The van der Waals surface area contributed by atoms with E-state index in [0.29, 0.717) is 72.2 Å². The van der Waals surface area contributed by atoms with Crippen molar-refractivity contribution in [1.29, 1.82) is 0 Å². The van der Waals surface area contributed by atoms with Crippen LogP contribution < -0.4 is 20.3 Å². The van der Waals surface area contributed by atoms with Crippen LogP contribution in [0.4, 0.5) is 0 Å². The van der Waals surface area contributed by atoms with Gasteiger partial charge in [0, 0.05) is 35.6 Å². The van der Waals surface area contributed by atoms with Crippen molar-refractivity contribution in [3.05, 3.63) is 89.7 Å². The van der Waals surface area contributed by atoms with E-state index in [9.17, 15) is 29.4 Å². The van der Waals surface area contributed by atoms with Crippen LogP contribution in [0.15, 0.2) is 46.2 Å². The maximum absolute atomic E-state index is 12.4. The van der Waals surface area contributed by atoms with Gasteiger partial charge in [0.15, 0.2) is 32.7 Å². The summed E-state index contributed by atoms with van der Waals surface area (Å²) in [5.41, 5.74) is 1.91. The Morgan fingerprint density at radius 2 is 1.07 bits per heavy atom. The summed E-state index contributed by atoms with van der Waals surface area (Å²) in [4.78, 5) is 56.8. The molecule has 0 aromatic carbocycles. The lowest BCUT2D eigenvalue weighted by atomic mass is 9.78. The van der Waals surface area contributed by atoms with Crippen LogP contribution in [0.1, 0.15) is 99.1 Å². The highest BCUT2D eigenvalue weighted by Crippen LogP contribution is 2.45. The van der Waals surface area contributed by atoms with Gasteiger partial charge in [-0.05, 0) is 99.3 Å². The molecule has 0 saturated heterocycles. The Hall–Kier alpha value is -4.68. The highest BCUT2D eigenvalue weighted by atomic mass is 35.5. The molecule has 2 fully saturated rings. The van der Waals surface area contributed by atoms with Crippen molar-refractivity contribution in [3.8, 4) is 34.3 Å². The molecule has 2 atom stereocenters. The number of pyridine rings is 4. The molecule has 6 heterocycles. The summed E-state index contributed by atoms with van der Waals surface area (Å²) in [6, 6.07) is 6.56. The van der Waals surface area contributed by atoms with Gasteiger partial charge in [0.05, 0.1) is 36.0 Å². The number of aromatic nitrogens is 4. The SMILES string of the molecule is CC(C)C1(C)Cc2cc(OCC3CC3)c(Cl)nc2-c2cc(=O)c(C(=O)O)cn21.CC(C)C1(C)Cc2cc(OCC3CC3)c(Cl)nc2-c2cc(=O)c(C(=O)O)cn21. The number of rotatable bonds is 10. The van der Waals surface area contributed by atoms with Crippen molar-refractivity contribution in [3.63, 3.8) is 0 Å². The minimum absolute atomic E-state index is 0.190. The number of aromatic carboxylic acids is 2. The normalized spacial score (nSPS) is 20.6. The third kappa shape index (κ3) is 7.33. The third-order valence-corrected chi connectivity index (χ3v) is 12.7. The van der Waals surface area contributed by atoms with Crippen LogP contribution in [0.5, 0.6) is 11.5 Å². The minimum Gasteiger partial charge on any atom is -0.490 e. The van der Waals surface area contributed by atoms with Gasteiger partial charge in [0.2, 0.25) is 0 Å². The summed E-state index contributed by atoms with van der Waals surface area (Å²) in [7, 11) is 0. The molecule has 2 N–H and O–H groups in total. The second-order valence-electron chi connectivity index (χ2n) is 16.7. The van der Waals surface area contributed by atoms with Gasteiger partial charge >= 0.3 is 11.9 Å². The highest BCUT2D eigenvalue weighted by molar-refractivity contribution is 6.31. The zero-order valence-corrected chi connectivity index (χ0v) is 33.8. The quantitative estimate of drug-likeness (QED) is 0.150. The molecule has 2 aliphatic carbocycles. The van der Waals surface area contributed by atoms with Gasteiger partial charge in [-0.25, -0.2) is 19.6 Å². The molecule has 0 amide bonds. The third-order valence-electron chi connectivity index (χ3n) is 12.1. The number of fused-ring (bicyclic) bond motifs is 6. The monoisotopic (exact) mass is 804 g/mol. The lowest BCUT2D eigenvalue weighted by Gasteiger charge is -2.42. The van der Waals surface area contributed by atoms with E-state index >= 15 is 0 Å². The number of carboxylic acid groups (broad SMARTS) is 2. The smallest absolute Gasteiger partial charge is 0.341 e. The van der Waals surface area contributed by atoms with Crippen molar-refractivity contribution in [2.75, 3.05) is 13.2 Å². The van der Waals surface area contributed by atoms with Crippen molar-refractivity contribution in [2.24, 2.45) is 23.7 Å². The molecule has 0 spiro atoms. The van der Waals surface area contributed by atoms with E-state index in [4.69, 9.17) is 32.7 Å². The van der Waals surface area contributed by atoms with Crippen LogP contribution in [-0.2, 0) is 23.9 Å². The van der Waals surface area contributed by atoms with Gasteiger partial charge in [-0.3, -0.25) is 9.59 Å². The Morgan fingerprint density at radius 3 is 1.38 bits per heavy atom. The average molecular weight is 806 g/mol. The zero-order valence-electron chi connectivity index (χ0n) is 32.3. The molecule has 0 radical (unpaired) electrons. The summed E-state index contributed by atoms with van der Waals surface area (Å²) < 4.78 is 15.5. The molecule has 8 rings (SSSR count). The molecule has 4 aromatic rings. The van der Waals surface area contributed by atoms with Crippen LogP contribution in [0.25, 0.3) is 22.8 Å². The first-order valence-corrected chi connectivity index (χ1v) is 19.8. The molecule has 4 aliphatic rings. The molecule has 296 valence electrons. The summed E-state index contributed by atoms with van der Waals surface area (Å²) in [6.45, 7) is 13.8. The van der Waals surface area contributed by atoms with Gasteiger partial charge < -0.3 is 28.8 Å². The van der Waals surface area contributed by atoms with Crippen LogP contribution in [0.3, 0.4) is 0 Å². The van der Waals surface area contributed by atoms with E-state index < -0.39 is 33.9 Å². The number of carboxylic acids is 2. The van der Waals surface area contributed by atoms with Crippen molar-refractivity contribution < 1.29 is 29.3 Å². The maximum atomic E-state index is 12.4. The van der Waals surface area contributed by atoms with Gasteiger partial charge in [-0.1, -0.05) is 50.9 Å². The molecule has 0 bridgehead atoms. The Balaban J connectivity index is 0.000000172. The Morgan fingerprint density at radius 1 is 0.714 bits per heavy atom. The van der Waals surface area contributed by atoms with Crippen molar-refractivity contribution in [1.82, 2.24) is 19.1 Å². The predicted octanol–water partition coefficient (Wildman–Crippen LogP) is 7.96. The molecule has 2 saturated carbocycles. The Labute approximate surface area is 334 Å². The van der Waals surface area contributed by atoms with Crippen molar-refractivity contribution >= 4 is 35.1 Å². The largest absolute Gasteiger partial charge is 0.490 e. The first-order chi connectivity index (χ1) is 26.4. The predicted molar refractivity (Wildman–Crippen MR) is 213 cm³/mol. The van der Waals surface area contributed by atoms with E-state index in [0.717, 1.165) is 11.1 Å². The van der Waals surface area contributed by atoms with E-state index in [1.165, 1.54) is 50.2 Å². The molecular formula is C42H46Cl2N4O8. The molecule has 12 nitrogen and oxygen atoms in total. The Kier molecular flexibility index (Phi) is 10.4. The van der Waals surface area contributed by atoms with E-state index in [1.54, 1.807) is 0 Å². The Bertz CT molecular complexity index is 2220. The van der Waals surface area contributed by atoms with Gasteiger partial charge in [0.25, 0.3) is 0 Å². The lowest BCUT2D eigenvalue weighted by Crippen LogP contribution is -2.43. The van der Waals surface area contributed by atoms with E-state index in [-0.39, 0.29) is 33.3 Å². The minimum atomic E-state index is -1.23. The summed E-state index contributed by atoms with van der Waals surface area (Å²) in [5, 5.41) is 19.3. The molecule has 56 heavy (non-hydrogen) atoms. The number of carbonyl (C=O) groups is 2. The van der Waals surface area contributed by atoms with E-state index in [2.05, 4.69) is 51.5 Å². The first-order valence-electron chi connectivity index (χ1n) is 19.1. The first kappa shape index (κ1) is 39.6. The molecule has 14 heteroatoms. The fourth-order valence-corrected chi connectivity index (χ4v) is 7.81. The van der Waals surface area contributed by atoms with Gasteiger partial charge in [-0.2, -0.15) is 0 Å². The standard InChI is InChI=1S/2C21H23ClN2O4/c2*1-11(2)21(3)8-13-6-17(28-10-12-4-5-12)19(22)23-18(13)15-7-16(25)14(20(26)27)9-24(15)21/h2*6-7,9,11-12H,4-5,8,10H2,1-3H3,(H,26,27). The summed E-state index contributed by atoms with van der Waals surface area (Å²) in [6.07, 6.45) is 8.89. The number of hydrogen-bond acceptors (Lipinski definition) is 8. The number of nitrogens with zero attached hydrogens (tertiary/aromatic N) is 4. The second kappa shape index (κ2) is 14.7. The van der Waals surface area contributed by atoms with Crippen LogP contribution in [-0.4, -0.2) is 54.5 Å². The maximum Gasteiger partial charge on any atom is 0.341 e. The van der Waals surface area contributed by atoms with Crippen molar-refractivity contribution in [2.45, 2.75) is 91.1 Å². The topological polar surface area (TPSA) is 163 Å². The summed E-state index contributed by atoms with van der Waals surface area (Å²) in [5.74, 6) is 0.250. The average Bonchev–Trinajstić information content (AvgIpc) is 4.07. The molecular weight excluding hydrogens is 759 g/mol. The summed E-state index contributed by atoms with van der Waals surface area (Å²) >= 11 is 12.7. The molecule has 2 aliphatic heterocycles. The number of ether oxygens (including phenoxy) is 2. The number of hydrogen-bond donors (Lipinski definition) is 2. The zero-order chi connectivity index (χ0) is 40.4. The van der Waals surface area contributed by atoms with Gasteiger partial charge in [0.1, 0.15) is 11.1 Å².